The van der Waals surface area contributed by atoms with Gasteiger partial charge in [-0.05, 0) is 73.9 Å². The topological polar surface area (TPSA) is 159 Å². The summed E-state index contributed by atoms with van der Waals surface area (Å²) in [6, 6.07) is 21.8. The minimum atomic E-state index is -0.962. The Morgan fingerprint density at radius 3 is 2.35 bits per heavy atom. The number of fused-ring (bicyclic) bond motifs is 1. The number of nitrogens with zero attached hydrogens (tertiary/aromatic N) is 3. The van der Waals surface area contributed by atoms with Crippen LogP contribution in [-0.2, 0) is 38.1 Å². The highest BCUT2D eigenvalue weighted by Crippen LogP contribution is 2.30. The fourth-order valence-electron chi connectivity index (χ4n) is 5.85. The molecule has 4 N–H and O–H groups in total. The third-order valence-corrected chi connectivity index (χ3v) is 8.74. The van der Waals surface area contributed by atoms with E-state index in [0.717, 1.165) is 41.0 Å². The maximum Gasteiger partial charge on any atom is 0.313 e. The molecule has 1 unspecified atom stereocenters. The molecule has 250 valence electrons. The van der Waals surface area contributed by atoms with E-state index in [1.54, 1.807) is 36.4 Å². The van der Waals surface area contributed by atoms with Crippen LogP contribution in [0.2, 0.25) is 0 Å². The fraction of sp³-hybridized carbons (Fsp3) is 0.333. The van der Waals surface area contributed by atoms with Gasteiger partial charge in [-0.15, -0.1) is 0 Å². The van der Waals surface area contributed by atoms with Crippen molar-refractivity contribution in [3.8, 4) is 0 Å². The Morgan fingerprint density at radius 2 is 1.67 bits per heavy atom. The molecule has 0 bridgehead atoms. The van der Waals surface area contributed by atoms with E-state index < -0.39 is 11.4 Å². The van der Waals surface area contributed by atoms with Crippen molar-refractivity contribution in [2.24, 2.45) is 7.05 Å². The predicted octanol–water partition coefficient (Wildman–Crippen LogP) is 3.54. The average Bonchev–Trinajstić information content (AvgIpc) is 3.75. The van der Waals surface area contributed by atoms with Gasteiger partial charge in [0.1, 0.15) is 18.1 Å². The molecule has 0 radical (unpaired) electrons. The number of methoxy groups -OCH3 is 1. The number of aryl methyl sites for hydroxylation is 1. The first-order valence-corrected chi connectivity index (χ1v) is 15.9. The smallest absolute Gasteiger partial charge is 0.313 e. The number of ether oxygens (including phenoxy) is 1. The van der Waals surface area contributed by atoms with Gasteiger partial charge in [-0.25, -0.2) is 4.98 Å². The van der Waals surface area contributed by atoms with E-state index in [4.69, 9.17) is 10.4 Å². The van der Waals surface area contributed by atoms with Gasteiger partial charge in [0, 0.05) is 43.5 Å². The second kappa shape index (κ2) is 15.0. The Balaban J connectivity index is 1.27. The summed E-state index contributed by atoms with van der Waals surface area (Å²) in [6.07, 6.45) is 1.59. The van der Waals surface area contributed by atoms with Crippen LogP contribution in [0.4, 0.5) is 5.69 Å². The lowest BCUT2D eigenvalue weighted by Crippen LogP contribution is -2.50. The van der Waals surface area contributed by atoms with Gasteiger partial charge in [0.25, 0.3) is 5.91 Å². The van der Waals surface area contributed by atoms with E-state index >= 15 is 0 Å². The second-order valence-electron chi connectivity index (χ2n) is 12.1. The van der Waals surface area contributed by atoms with Gasteiger partial charge in [0.2, 0.25) is 5.91 Å². The first-order valence-electron chi connectivity index (χ1n) is 15.9. The lowest BCUT2D eigenvalue weighted by atomic mass is 9.80. The van der Waals surface area contributed by atoms with Crippen LogP contribution in [0.25, 0.3) is 11.0 Å². The first-order chi connectivity index (χ1) is 23.1. The molecule has 1 aromatic heterocycles. The van der Waals surface area contributed by atoms with Crippen molar-refractivity contribution in [1.82, 2.24) is 25.1 Å². The summed E-state index contributed by atoms with van der Waals surface area (Å²) >= 11 is 0. The molecule has 12 heteroatoms. The molecule has 0 saturated carbocycles. The van der Waals surface area contributed by atoms with E-state index in [1.165, 1.54) is 7.11 Å². The minimum absolute atomic E-state index is 0.0127. The fourth-order valence-corrected chi connectivity index (χ4v) is 5.85. The molecule has 1 fully saturated rings. The molecular formula is C36H41N7O5. The number of esters is 1. The number of amides is 2. The zero-order valence-electron chi connectivity index (χ0n) is 27.5. The van der Waals surface area contributed by atoms with Crippen LogP contribution in [0.5, 0.6) is 0 Å². The number of hydrogen-bond donors (Lipinski definition) is 4. The highest BCUT2D eigenvalue weighted by Gasteiger charge is 2.39. The molecule has 12 nitrogen and oxygen atoms in total. The van der Waals surface area contributed by atoms with Crippen LogP contribution in [-0.4, -0.2) is 77.1 Å². The highest BCUT2D eigenvalue weighted by atomic mass is 16.5. The number of rotatable bonds is 13. The Kier molecular flexibility index (Phi) is 10.6. The largest absolute Gasteiger partial charge is 0.469 e. The van der Waals surface area contributed by atoms with Crippen molar-refractivity contribution in [3.05, 3.63) is 95.3 Å². The summed E-state index contributed by atoms with van der Waals surface area (Å²) in [5.41, 5.74) is 3.36. The molecule has 1 atom stereocenters. The first kappa shape index (κ1) is 34.0. The molecule has 4 aromatic rings. The third kappa shape index (κ3) is 7.77. The van der Waals surface area contributed by atoms with E-state index in [0.29, 0.717) is 30.8 Å². The van der Waals surface area contributed by atoms with Crippen molar-refractivity contribution in [2.75, 3.05) is 38.6 Å². The lowest BCUT2D eigenvalue weighted by molar-refractivity contribution is -0.143. The van der Waals surface area contributed by atoms with Crippen molar-refractivity contribution in [1.29, 1.82) is 5.41 Å². The predicted molar refractivity (Wildman–Crippen MR) is 183 cm³/mol. The minimum Gasteiger partial charge on any atom is -0.469 e. The van der Waals surface area contributed by atoms with Crippen molar-refractivity contribution in [2.45, 2.75) is 38.1 Å². The van der Waals surface area contributed by atoms with Gasteiger partial charge in [-0.2, -0.15) is 0 Å². The van der Waals surface area contributed by atoms with Crippen LogP contribution < -0.4 is 16.0 Å². The Bertz CT molecular complexity index is 1810. The zero-order valence-corrected chi connectivity index (χ0v) is 27.5. The number of amidine groups is 1. The number of carbonyl (C=O) groups is 4. The number of aromatic nitrogens is 2. The average molecular weight is 652 g/mol. The molecule has 1 aliphatic heterocycles. The molecule has 3 aromatic carbocycles. The molecule has 0 aliphatic carbocycles. The number of imidazole rings is 1. The molecule has 1 saturated heterocycles. The third-order valence-electron chi connectivity index (χ3n) is 8.74. The standard InChI is InChI=1S/C36H41N7O5/c1-36(35(47)43-17-7-8-18-43,23-38-21-28(44)20-32(45)48-3)26-13-16-30-29(19-26)40-31(42(30)2)22-39-27-14-11-24(12-15-27)33(37)41-34(46)25-9-5-4-6-10-25/h4-6,9-16,19,38-39H,7-8,17-18,20-23H2,1-3H3,(H2,37,41,46). The quantitative estimate of drug-likeness (QED) is 0.0740. The Labute approximate surface area is 279 Å². The number of Topliss-reactive ketones (excluding diaryl/α,β-unsaturated/α-hetero) is 1. The van der Waals surface area contributed by atoms with Gasteiger partial charge in [-0.3, -0.25) is 24.6 Å². The zero-order chi connectivity index (χ0) is 34.3. The molecule has 2 amide bonds. The highest BCUT2D eigenvalue weighted by molar-refractivity contribution is 6.11. The van der Waals surface area contributed by atoms with E-state index in [2.05, 4.69) is 20.7 Å². The van der Waals surface area contributed by atoms with Crippen LogP contribution in [0.3, 0.4) is 0 Å². The molecule has 0 spiro atoms. The van der Waals surface area contributed by atoms with Crippen LogP contribution >= 0.6 is 0 Å². The van der Waals surface area contributed by atoms with Gasteiger partial charge >= 0.3 is 5.97 Å². The van der Waals surface area contributed by atoms with Crippen LogP contribution in [0.15, 0.2) is 72.8 Å². The molecule has 5 rings (SSSR count). The Morgan fingerprint density at radius 1 is 0.958 bits per heavy atom. The van der Waals surface area contributed by atoms with E-state index in [9.17, 15) is 19.2 Å². The molecule has 2 heterocycles. The van der Waals surface area contributed by atoms with Crippen molar-refractivity contribution < 1.29 is 23.9 Å². The van der Waals surface area contributed by atoms with Gasteiger partial charge in [-0.1, -0.05) is 24.3 Å². The van der Waals surface area contributed by atoms with Crippen LogP contribution in [0, 0.1) is 5.41 Å². The molecule has 48 heavy (non-hydrogen) atoms. The number of anilines is 1. The van der Waals surface area contributed by atoms with Gasteiger partial charge < -0.3 is 30.2 Å². The maximum atomic E-state index is 13.9. The summed E-state index contributed by atoms with van der Waals surface area (Å²) in [4.78, 5) is 56.8. The number of benzene rings is 3. The molecular weight excluding hydrogens is 610 g/mol. The van der Waals surface area contributed by atoms with Crippen molar-refractivity contribution >= 4 is 46.1 Å². The second-order valence-corrected chi connectivity index (χ2v) is 12.1. The number of carbonyl (C=O) groups excluding carboxylic acids is 4. The maximum absolute atomic E-state index is 13.9. The summed E-state index contributed by atoms with van der Waals surface area (Å²) in [5.74, 6) is -0.451. The number of nitrogens with one attached hydrogen (secondary N) is 4. The van der Waals surface area contributed by atoms with E-state index in [1.807, 2.05) is 59.8 Å². The summed E-state index contributed by atoms with van der Waals surface area (Å²) in [7, 11) is 3.18. The SMILES string of the molecule is COC(=O)CC(=O)CNCC(C)(C(=O)N1CCCC1)c1ccc2c(c1)nc(CNc1ccc(C(=N)NC(=O)c3ccccc3)cc1)n2C. The summed E-state index contributed by atoms with van der Waals surface area (Å²) in [6.45, 7) is 3.86. The number of ketones is 1. The molecule has 1 aliphatic rings. The number of hydrogen-bond acceptors (Lipinski definition) is 9. The Hall–Kier alpha value is -5.36. The van der Waals surface area contributed by atoms with Gasteiger partial charge in [0.15, 0.2) is 5.78 Å². The normalized spacial score (nSPS) is 13.9. The van der Waals surface area contributed by atoms with E-state index in [-0.39, 0.29) is 42.9 Å². The monoisotopic (exact) mass is 651 g/mol. The number of likely N-dealkylation sites (tertiary alicyclic amines) is 1. The summed E-state index contributed by atoms with van der Waals surface area (Å²) in [5, 5.41) is 17.4. The summed E-state index contributed by atoms with van der Waals surface area (Å²) < 4.78 is 6.59. The van der Waals surface area contributed by atoms with Crippen molar-refractivity contribution in [3.63, 3.8) is 0 Å². The lowest BCUT2D eigenvalue weighted by Gasteiger charge is -2.33. The van der Waals surface area contributed by atoms with Gasteiger partial charge in [0.05, 0.1) is 36.6 Å². The van der Waals surface area contributed by atoms with Crippen LogP contribution in [0.1, 0.15) is 53.5 Å².